The topological polar surface area (TPSA) is 85.4 Å². The summed E-state index contributed by atoms with van der Waals surface area (Å²) in [6.45, 7) is 13.2. The van der Waals surface area contributed by atoms with Gasteiger partial charge in [-0.15, -0.1) is 0 Å². The van der Waals surface area contributed by atoms with E-state index in [4.69, 9.17) is 14.2 Å². The third-order valence-corrected chi connectivity index (χ3v) is 6.59. The molecule has 4 aliphatic rings. The van der Waals surface area contributed by atoms with Crippen molar-refractivity contribution in [1.82, 2.24) is 0 Å². The third-order valence-electron chi connectivity index (χ3n) is 6.59. The Morgan fingerprint density at radius 1 is 1.42 bits per heavy atom. The van der Waals surface area contributed by atoms with E-state index in [9.17, 15) is 14.7 Å². The summed E-state index contributed by atoms with van der Waals surface area (Å²) in [6.07, 6.45) is 1.50. The highest BCUT2D eigenvalue weighted by Crippen LogP contribution is 2.57. The molecule has 2 aliphatic carbocycles. The number of hydrogen-bond donors (Lipinski definition) is 1. The molecule has 26 heavy (non-hydrogen) atoms. The molecule has 6 nitrogen and oxygen atoms in total. The van der Waals surface area contributed by atoms with Gasteiger partial charge in [0.05, 0.1) is 17.9 Å². The van der Waals surface area contributed by atoms with Crippen molar-refractivity contribution in [1.29, 1.82) is 0 Å². The first kappa shape index (κ1) is 17.5. The Balaban J connectivity index is 1.78. The molecule has 0 amide bonds. The zero-order valence-corrected chi connectivity index (χ0v) is 15.3. The molecule has 0 bridgehead atoms. The van der Waals surface area contributed by atoms with Crippen LogP contribution in [0.3, 0.4) is 0 Å². The van der Waals surface area contributed by atoms with Gasteiger partial charge in [-0.25, -0.2) is 9.59 Å². The first-order valence-corrected chi connectivity index (χ1v) is 8.98. The molecule has 2 heterocycles. The summed E-state index contributed by atoms with van der Waals surface area (Å²) in [5, 5.41) is 11.7. The molecule has 2 aliphatic heterocycles. The minimum Gasteiger partial charge on any atom is -0.457 e. The minimum absolute atomic E-state index is 0.227. The van der Waals surface area contributed by atoms with Crippen LogP contribution in [0.1, 0.15) is 33.6 Å². The van der Waals surface area contributed by atoms with Gasteiger partial charge in [-0.1, -0.05) is 24.8 Å². The van der Waals surface area contributed by atoms with Crippen LogP contribution >= 0.6 is 0 Å². The second-order valence-electron chi connectivity index (χ2n) is 8.00. The highest BCUT2D eigenvalue weighted by atomic mass is 16.7. The van der Waals surface area contributed by atoms with E-state index in [0.717, 1.165) is 12.0 Å². The maximum absolute atomic E-state index is 12.7. The smallest absolute Gasteiger partial charge is 0.341 e. The molecule has 1 N–H and O–H groups in total. The Morgan fingerprint density at radius 2 is 2.08 bits per heavy atom. The molecule has 3 fully saturated rings. The number of esters is 2. The van der Waals surface area contributed by atoms with Gasteiger partial charge in [-0.2, -0.15) is 0 Å². The van der Waals surface area contributed by atoms with Gasteiger partial charge in [-0.3, -0.25) is 0 Å². The molecular formula is C20H24O6. The summed E-state index contributed by atoms with van der Waals surface area (Å²) in [7, 11) is 0. The van der Waals surface area contributed by atoms with Gasteiger partial charge in [0.1, 0.15) is 17.8 Å². The summed E-state index contributed by atoms with van der Waals surface area (Å²) < 4.78 is 16.7. The van der Waals surface area contributed by atoms with Gasteiger partial charge in [0.15, 0.2) is 5.60 Å². The Bertz CT molecular complexity index is 766. The predicted octanol–water partition coefficient (Wildman–Crippen LogP) is 1.83. The molecule has 7 unspecified atom stereocenters. The molecule has 0 aromatic heterocycles. The molecule has 6 heteroatoms. The van der Waals surface area contributed by atoms with E-state index >= 15 is 0 Å². The molecule has 2 saturated heterocycles. The highest BCUT2D eigenvalue weighted by molar-refractivity contribution is 5.92. The highest BCUT2D eigenvalue weighted by Gasteiger charge is 2.70. The van der Waals surface area contributed by atoms with E-state index in [1.165, 1.54) is 0 Å². The Kier molecular flexibility index (Phi) is 3.57. The van der Waals surface area contributed by atoms with Crippen molar-refractivity contribution in [3.63, 3.8) is 0 Å². The number of carbonyl (C=O) groups excluding carboxylic acids is 2. The van der Waals surface area contributed by atoms with Crippen LogP contribution in [-0.4, -0.2) is 46.6 Å². The van der Waals surface area contributed by atoms with Gasteiger partial charge in [0.2, 0.25) is 0 Å². The summed E-state index contributed by atoms with van der Waals surface area (Å²) >= 11 is 0. The fourth-order valence-corrected chi connectivity index (χ4v) is 4.69. The number of epoxide rings is 1. The molecule has 140 valence electrons. The van der Waals surface area contributed by atoms with E-state index in [-0.39, 0.29) is 11.7 Å². The van der Waals surface area contributed by atoms with Crippen LogP contribution in [0.5, 0.6) is 0 Å². The van der Waals surface area contributed by atoms with Gasteiger partial charge < -0.3 is 19.3 Å². The van der Waals surface area contributed by atoms with Crippen molar-refractivity contribution in [2.24, 2.45) is 11.8 Å². The Hall–Kier alpha value is -1.92. The molecule has 0 aromatic rings. The summed E-state index contributed by atoms with van der Waals surface area (Å²) in [5.41, 5.74) is -0.777. The molecular weight excluding hydrogens is 336 g/mol. The van der Waals surface area contributed by atoms with Crippen LogP contribution in [0.15, 0.2) is 36.0 Å². The summed E-state index contributed by atoms with van der Waals surface area (Å²) in [4.78, 5) is 24.8. The fourth-order valence-electron chi connectivity index (χ4n) is 4.69. The van der Waals surface area contributed by atoms with E-state index < -0.39 is 47.2 Å². The van der Waals surface area contributed by atoms with Crippen molar-refractivity contribution < 1.29 is 28.9 Å². The zero-order chi connectivity index (χ0) is 19.0. The number of fused-ring (bicyclic) bond motifs is 3. The average Bonchev–Trinajstić information content (AvgIpc) is 3.03. The number of allylic oxidation sites excluding steroid dienone is 1. The fraction of sp³-hybridized carbons (Fsp3) is 0.600. The van der Waals surface area contributed by atoms with Crippen molar-refractivity contribution in [3.05, 3.63) is 36.0 Å². The first-order valence-electron chi connectivity index (χ1n) is 8.98. The maximum atomic E-state index is 12.7. The zero-order valence-electron chi connectivity index (χ0n) is 15.3. The van der Waals surface area contributed by atoms with Crippen LogP contribution < -0.4 is 0 Å². The van der Waals surface area contributed by atoms with E-state index in [0.29, 0.717) is 12.0 Å². The summed E-state index contributed by atoms with van der Waals surface area (Å²) in [5.74, 6) is -2.18. The van der Waals surface area contributed by atoms with Crippen molar-refractivity contribution >= 4 is 11.9 Å². The SMILES string of the molecule is C=C1C(=O)OC2C1C(OC(=O)C1(C)OC1C)C1(O)C(C)=CCCC(=C)C21. The van der Waals surface area contributed by atoms with E-state index in [1.54, 1.807) is 13.8 Å². The maximum Gasteiger partial charge on any atom is 0.341 e. The minimum atomic E-state index is -1.48. The Labute approximate surface area is 152 Å². The lowest BCUT2D eigenvalue weighted by molar-refractivity contribution is -0.168. The number of carbonyl (C=O) groups is 2. The molecule has 0 aromatic carbocycles. The monoisotopic (exact) mass is 360 g/mol. The molecule has 0 radical (unpaired) electrons. The lowest BCUT2D eigenvalue weighted by Gasteiger charge is -2.37. The average molecular weight is 360 g/mol. The van der Waals surface area contributed by atoms with Crippen LogP contribution in [0.2, 0.25) is 0 Å². The molecule has 0 spiro atoms. The lowest BCUT2D eigenvalue weighted by atomic mass is 9.79. The van der Waals surface area contributed by atoms with Crippen LogP contribution in [0.25, 0.3) is 0 Å². The normalized spacial score (nSPS) is 46.8. The summed E-state index contributed by atoms with van der Waals surface area (Å²) in [6, 6.07) is 0. The van der Waals surface area contributed by atoms with Crippen molar-refractivity contribution in [2.45, 2.75) is 63.1 Å². The van der Waals surface area contributed by atoms with Gasteiger partial charge in [0, 0.05) is 5.57 Å². The van der Waals surface area contributed by atoms with Gasteiger partial charge >= 0.3 is 11.9 Å². The number of hydrogen-bond acceptors (Lipinski definition) is 6. The Morgan fingerprint density at radius 3 is 2.69 bits per heavy atom. The van der Waals surface area contributed by atoms with Crippen LogP contribution in [0.4, 0.5) is 0 Å². The van der Waals surface area contributed by atoms with E-state index in [2.05, 4.69) is 13.2 Å². The lowest BCUT2D eigenvalue weighted by Crippen LogP contribution is -2.50. The molecule has 1 saturated carbocycles. The van der Waals surface area contributed by atoms with Crippen molar-refractivity contribution in [3.8, 4) is 0 Å². The quantitative estimate of drug-likeness (QED) is 0.350. The number of aliphatic hydroxyl groups is 1. The van der Waals surface area contributed by atoms with Crippen LogP contribution in [-0.2, 0) is 23.8 Å². The third kappa shape index (κ3) is 2.06. The molecule has 7 atom stereocenters. The number of ether oxygens (including phenoxy) is 3. The first-order chi connectivity index (χ1) is 12.1. The second kappa shape index (κ2) is 5.30. The van der Waals surface area contributed by atoms with Gasteiger partial charge in [0.25, 0.3) is 0 Å². The largest absolute Gasteiger partial charge is 0.457 e. The standard InChI is InChI=1S/C20H24O6/c1-9-7-6-8-10(2)20(23)14(9)15-13(11(3)17(21)24-15)16(20)25-18(22)19(5)12(4)26-19/h8,12-16,23H,1,3,6-7H2,2,4-5H3. The van der Waals surface area contributed by atoms with Gasteiger partial charge in [-0.05, 0) is 39.2 Å². The van der Waals surface area contributed by atoms with E-state index in [1.807, 2.05) is 13.0 Å². The second-order valence-corrected chi connectivity index (χ2v) is 8.00. The predicted molar refractivity (Wildman–Crippen MR) is 91.9 cm³/mol. The van der Waals surface area contributed by atoms with Crippen LogP contribution in [0, 0.1) is 11.8 Å². The molecule has 4 rings (SSSR count). The van der Waals surface area contributed by atoms with Crippen molar-refractivity contribution in [2.75, 3.05) is 0 Å². The number of rotatable bonds is 2.